The van der Waals surface area contributed by atoms with E-state index in [4.69, 9.17) is 0 Å². The lowest BCUT2D eigenvalue weighted by atomic mass is 9.70. The van der Waals surface area contributed by atoms with Crippen LogP contribution in [0.5, 0.6) is 0 Å². The first-order valence-corrected chi connectivity index (χ1v) is 22.6. The zero-order chi connectivity index (χ0) is 41.6. The summed E-state index contributed by atoms with van der Waals surface area (Å²) in [5.41, 5.74) is 18.4. The summed E-state index contributed by atoms with van der Waals surface area (Å²) in [4.78, 5) is 0. The van der Waals surface area contributed by atoms with Crippen molar-refractivity contribution >= 4 is 32.3 Å². The second-order valence-electron chi connectivity index (χ2n) is 17.3. The number of fused-ring (bicyclic) bond motifs is 6. The molecule has 0 radical (unpaired) electrons. The van der Waals surface area contributed by atoms with Crippen molar-refractivity contribution in [3.05, 3.63) is 217 Å². The number of rotatable bonds is 10. The second kappa shape index (κ2) is 15.8. The molecule has 0 saturated heterocycles. The first-order chi connectivity index (χ1) is 30.7. The molecule has 1 atom stereocenters. The minimum Gasteiger partial charge on any atom is -0.0654 e. The Hall–Kier alpha value is -7.02. The van der Waals surface area contributed by atoms with E-state index >= 15 is 0 Å². The van der Waals surface area contributed by atoms with Crippen LogP contribution in [0.2, 0.25) is 0 Å². The average Bonchev–Trinajstić information content (AvgIpc) is 3.61. The predicted octanol–water partition coefficient (Wildman–Crippen LogP) is 17.7. The summed E-state index contributed by atoms with van der Waals surface area (Å²) in [6, 6.07) is 77.4. The van der Waals surface area contributed by atoms with Crippen LogP contribution in [0.1, 0.15) is 57.1 Å². The summed E-state index contributed by atoms with van der Waals surface area (Å²) < 4.78 is 0. The third-order valence-electron chi connectivity index (χ3n) is 13.8. The minimum absolute atomic E-state index is 0.0291. The molecule has 0 heterocycles. The third kappa shape index (κ3) is 6.20. The van der Waals surface area contributed by atoms with Gasteiger partial charge in [0.1, 0.15) is 0 Å². The lowest BCUT2D eigenvalue weighted by molar-refractivity contribution is 0.425. The smallest absolute Gasteiger partial charge is 0.0215 e. The zero-order valence-electron chi connectivity index (χ0n) is 35.7. The highest BCUT2D eigenvalue weighted by Gasteiger charge is 2.42. The molecular formula is C62H50. The fourth-order valence-corrected chi connectivity index (χ4v) is 11.1. The van der Waals surface area contributed by atoms with Crippen molar-refractivity contribution in [1.29, 1.82) is 0 Å². The van der Waals surface area contributed by atoms with Gasteiger partial charge in [-0.3, -0.25) is 0 Å². The lowest BCUT2D eigenvalue weighted by Crippen LogP contribution is -2.25. The molecule has 0 N–H and O–H groups in total. The van der Waals surface area contributed by atoms with E-state index in [1.165, 1.54) is 129 Å². The highest BCUT2D eigenvalue weighted by atomic mass is 14.4. The van der Waals surface area contributed by atoms with Crippen LogP contribution >= 0.6 is 0 Å². The van der Waals surface area contributed by atoms with Gasteiger partial charge in [0.2, 0.25) is 0 Å². The van der Waals surface area contributed by atoms with E-state index in [0.29, 0.717) is 0 Å². The molecule has 0 aliphatic heterocycles. The van der Waals surface area contributed by atoms with Crippen molar-refractivity contribution in [1.82, 2.24) is 0 Å². The molecule has 0 nitrogen and oxygen atoms in total. The summed E-state index contributed by atoms with van der Waals surface area (Å²) in [5.74, 6) is 0. The molecule has 298 valence electrons. The quantitative estimate of drug-likeness (QED) is 0.121. The Bertz CT molecular complexity index is 3170. The number of unbranched alkanes of at least 4 members (excludes halogenated alkanes) is 1. The molecule has 0 spiro atoms. The fraction of sp³-hybridized carbons (Fsp3) is 0.129. The first-order valence-electron chi connectivity index (χ1n) is 22.6. The predicted molar refractivity (Wildman–Crippen MR) is 267 cm³/mol. The molecule has 1 aliphatic rings. The SMILES string of the molecule is CCCCC1(CCC)c2ccccc2-c2ccc(-c3c4ccccc4c(-c4ccc(-c5cc(-c6ccccc6)cc(-c6ccccc6)c5)c5ccccc45)c4ccccc34)cc21. The maximum atomic E-state index is 2.59. The van der Waals surface area contributed by atoms with Gasteiger partial charge >= 0.3 is 0 Å². The van der Waals surface area contributed by atoms with Crippen LogP contribution in [-0.4, -0.2) is 0 Å². The highest BCUT2D eigenvalue weighted by molar-refractivity contribution is 6.24. The van der Waals surface area contributed by atoms with Gasteiger partial charge in [-0.1, -0.05) is 215 Å². The van der Waals surface area contributed by atoms with Crippen molar-refractivity contribution in [3.63, 3.8) is 0 Å². The Morgan fingerprint density at radius 2 is 0.758 bits per heavy atom. The van der Waals surface area contributed by atoms with Gasteiger partial charge in [0, 0.05) is 5.41 Å². The first kappa shape index (κ1) is 37.9. The van der Waals surface area contributed by atoms with Gasteiger partial charge in [-0.05, 0) is 147 Å². The molecule has 0 amide bonds. The van der Waals surface area contributed by atoms with Crippen LogP contribution in [0.25, 0.3) is 99.1 Å². The second-order valence-corrected chi connectivity index (χ2v) is 17.3. The Labute approximate surface area is 366 Å². The van der Waals surface area contributed by atoms with Gasteiger partial charge in [-0.2, -0.15) is 0 Å². The van der Waals surface area contributed by atoms with Gasteiger partial charge in [-0.25, -0.2) is 0 Å². The van der Waals surface area contributed by atoms with E-state index in [9.17, 15) is 0 Å². The minimum atomic E-state index is 0.0291. The number of hydrogen-bond acceptors (Lipinski definition) is 0. The topological polar surface area (TPSA) is 0 Å². The van der Waals surface area contributed by atoms with Gasteiger partial charge in [-0.15, -0.1) is 0 Å². The molecule has 0 saturated carbocycles. The highest BCUT2D eigenvalue weighted by Crippen LogP contribution is 2.56. The molecule has 10 aromatic rings. The molecule has 1 aliphatic carbocycles. The molecule has 0 fully saturated rings. The molecular weight excluding hydrogens is 745 g/mol. The normalized spacial score (nSPS) is 14.4. The summed E-state index contributed by atoms with van der Waals surface area (Å²) >= 11 is 0. The van der Waals surface area contributed by atoms with E-state index in [0.717, 1.165) is 12.8 Å². The fourth-order valence-electron chi connectivity index (χ4n) is 11.1. The van der Waals surface area contributed by atoms with Gasteiger partial charge < -0.3 is 0 Å². The average molecular weight is 795 g/mol. The van der Waals surface area contributed by atoms with Crippen molar-refractivity contribution in [2.75, 3.05) is 0 Å². The molecule has 10 aromatic carbocycles. The van der Waals surface area contributed by atoms with Crippen LogP contribution in [0.3, 0.4) is 0 Å². The molecule has 0 aromatic heterocycles. The Morgan fingerprint density at radius 1 is 0.290 bits per heavy atom. The number of benzene rings is 10. The van der Waals surface area contributed by atoms with E-state index in [1.807, 2.05) is 0 Å². The molecule has 62 heavy (non-hydrogen) atoms. The zero-order valence-corrected chi connectivity index (χ0v) is 35.7. The van der Waals surface area contributed by atoms with Crippen LogP contribution in [0.4, 0.5) is 0 Å². The van der Waals surface area contributed by atoms with Gasteiger partial charge in [0.05, 0.1) is 0 Å². The van der Waals surface area contributed by atoms with Crippen LogP contribution in [-0.2, 0) is 5.41 Å². The van der Waals surface area contributed by atoms with Crippen LogP contribution < -0.4 is 0 Å². The summed E-state index contributed by atoms with van der Waals surface area (Å²) in [6.45, 7) is 4.69. The van der Waals surface area contributed by atoms with E-state index in [1.54, 1.807) is 0 Å². The van der Waals surface area contributed by atoms with Crippen molar-refractivity contribution in [3.8, 4) is 66.8 Å². The molecule has 1 unspecified atom stereocenters. The van der Waals surface area contributed by atoms with Crippen molar-refractivity contribution in [2.45, 2.75) is 51.4 Å². The molecule has 11 rings (SSSR count). The lowest BCUT2D eigenvalue weighted by Gasteiger charge is -2.32. The summed E-state index contributed by atoms with van der Waals surface area (Å²) in [5, 5.41) is 7.67. The van der Waals surface area contributed by atoms with E-state index in [-0.39, 0.29) is 5.41 Å². The molecule has 0 heteroatoms. The number of hydrogen-bond donors (Lipinski definition) is 0. The third-order valence-corrected chi connectivity index (χ3v) is 13.8. The van der Waals surface area contributed by atoms with Crippen molar-refractivity contribution < 1.29 is 0 Å². The van der Waals surface area contributed by atoms with E-state index < -0.39 is 0 Å². The maximum Gasteiger partial charge on any atom is 0.0215 e. The Balaban J connectivity index is 1.13. The standard InChI is InChI=1S/C62H50/c1-3-5-37-62(36-4-2)58-31-19-18-26-51(58)52-33-32-44(41-59(52)62)60-53-27-14-16-29-55(53)61(56-30-17-15-28-54(56)60)57-35-34-48(49-24-12-13-25-50(49)57)47-39-45(42-20-8-6-9-21-42)38-46(40-47)43-22-10-7-11-23-43/h6-35,38-41H,3-5,36-37H2,1-2H3. The monoisotopic (exact) mass is 794 g/mol. The van der Waals surface area contributed by atoms with Crippen molar-refractivity contribution in [2.24, 2.45) is 0 Å². The summed E-state index contributed by atoms with van der Waals surface area (Å²) in [7, 11) is 0. The van der Waals surface area contributed by atoms with E-state index in [2.05, 4.69) is 220 Å². The van der Waals surface area contributed by atoms with Gasteiger partial charge in [0.25, 0.3) is 0 Å². The largest absolute Gasteiger partial charge is 0.0654 e. The van der Waals surface area contributed by atoms with Crippen LogP contribution in [0.15, 0.2) is 206 Å². The van der Waals surface area contributed by atoms with Crippen LogP contribution in [0, 0.1) is 0 Å². The summed E-state index contributed by atoms with van der Waals surface area (Å²) in [6.07, 6.45) is 5.91. The molecule has 0 bridgehead atoms. The Morgan fingerprint density at radius 3 is 1.35 bits per heavy atom. The maximum absolute atomic E-state index is 2.59. The Kier molecular flexibility index (Phi) is 9.66. The van der Waals surface area contributed by atoms with Gasteiger partial charge in [0.15, 0.2) is 0 Å².